The molecule has 2 heterocycles. The summed E-state index contributed by atoms with van der Waals surface area (Å²) in [5, 5.41) is 2.94. The van der Waals surface area contributed by atoms with Crippen LogP contribution in [0, 0.1) is 32.1 Å². The number of aromatic nitrogens is 1. The third-order valence-electron chi connectivity index (χ3n) is 6.55. The van der Waals surface area contributed by atoms with Crippen LogP contribution in [0.3, 0.4) is 0 Å². The largest absolute Gasteiger partial charge is 0.359 e. The second kappa shape index (κ2) is 10.7. The van der Waals surface area contributed by atoms with E-state index in [2.05, 4.69) is 16.2 Å². The van der Waals surface area contributed by atoms with Crippen LogP contribution in [-0.4, -0.2) is 35.9 Å². The maximum absolute atomic E-state index is 13.6. The fraction of sp³-hybridized carbons (Fsp3) is 0.385. The van der Waals surface area contributed by atoms with Crippen molar-refractivity contribution in [1.29, 1.82) is 0 Å². The number of hydrogen-bond acceptors (Lipinski definition) is 3. The molecule has 2 amide bonds. The number of carbonyl (C=O) groups is 2. The van der Waals surface area contributed by atoms with Crippen LogP contribution < -0.4 is 16.0 Å². The number of nitrogens with zero attached hydrogens (tertiary/aromatic N) is 1. The number of aromatic amines is 1. The van der Waals surface area contributed by atoms with Gasteiger partial charge in [-0.3, -0.25) is 9.59 Å². The highest BCUT2D eigenvalue weighted by Gasteiger charge is 2.36. The van der Waals surface area contributed by atoms with Crippen molar-refractivity contribution in [3.63, 3.8) is 0 Å². The van der Waals surface area contributed by atoms with Gasteiger partial charge in [-0.15, -0.1) is 18.8 Å². The summed E-state index contributed by atoms with van der Waals surface area (Å²) < 4.78 is 0. The van der Waals surface area contributed by atoms with Crippen molar-refractivity contribution in [3.8, 4) is 12.3 Å². The lowest BCUT2D eigenvalue weighted by molar-refractivity contribution is -0.113. The molecular weight excluding hydrogens is 471 g/mol. The number of hydrogen-bond donors (Lipinski definition) is 3. The summed E-state index contributed by atoms with van der Waals surface area (Å²) in [5.74, 6) is 2.32. The first-order valence-electron chi connectivity index (χ1n) is 11.3. The van der Waals surface area contributed by atoms with Gasteiger partial charge in [0.05, 0.1) is 28.4 Å². The molecule has 1 aliphatic carbocycles. The highest BCUT2D eigenvalue weighted by Crippen LogP contribution is 2.42. The Bertz CT molecular complexity index is 1170. The van der Waals surface area contributed by atoms with Gasteiger partial charge < -0.3 is 20.9 Å². The summed E-state index contributed by atoms with van der Waals surface area (Å²) in [6.45, 7) is 4.68. The summed E-state index contributed by atoms with van der Waals surface area (Å²) in [6.07, 6.45) is 11.0. The van der Waals surface area contributed by atoms with Gasteiger partial charge in [0, 0.05) is 29.5 Å². The number of carbonyl (C=O) groups excluding carboxylic acids is 2. The lowest BCUT2D eigenvalue weighted by atomic mass is 9.86. The summed E-state index contributed by atoms with van der Waals surface area (Å²) in [7, 11) is 0. The van der Waals surface area contributed by atoms with Gasteiger partial charge in [0.1, 0.15) is 0 Å². The molecule has 0 atom stereocenters. The molecule has 2 aromatic rings. The van der Waals surface area contributed by atoms with E-state index in [4.69, 9.17) is 23.8 Å². The Kier molecular flexibility index (Phi) is 8.14. The third-order valence-corrected chi connectivity index (χ3v) is 6.86. The number of benzene rings is 1. The highest BCUT2D eigenvalue weighted by atomic mass is 35.5. The number of halogens is 2. The Balaban J connectivity index is 0.00000324. The van der Waals surface area contributed by atoms with E-state index >= 15 is 0 Å². The quantitative estimate of drug-likeness (QED) is 0.417. The second-order valence-corrected chi connectivity index (χ2v) is 9.45. The lowest BCUT2D eigenvalue weighted by Crippen LogP contribution is -2.36. The zero-order chi connectivity index (χ0) is 23.7. The van der Waals surface area contributed by atoms with Crippen LogP contribution in [0.4, 0.5) is 5.69 Å². The number of terminal acetylenes is 1. The molecule has 0 unspecified atom stereocenters. The first-order chi connectivity index (χ1) is 15.8. The Morgan fingerprint density at radius 2 is 2.00 bits per heavy atom. The maximum Gasteiger partial charge on any atom is 0.259 e. The number of amides is 2. The van der Waals surface area contributed by atoms with E-state index in [1.807, 2.05) is 26.0 Å². The van der Waals surface area contributed by atoms with E-state index < -0.39 is 0 Å². The SMILES string of the molecule is C#CCNC(=O)c1cc2c(cc1Cl)/C(=C/c1[nH]c(C)cc1C)C(=O)N2CC1CCC(N)CC1.Cl. The summed E-state index contributed by atoms with van der Waals surface area (Å²) >= 11 is 6.50. The predicted octanol–water partition coefficient (Wildman–Crippen LogP) is 4.47. The predicted molar refractivity (Wildman–Crippen MR) is 140 cm³/mol. The molecule has 6 nitrogen and oxygen atoms in total. The molecule has 34 heavy (non-hydrogen) atoms. The molecule has 1 aliphatic heterocycles. The van der Waals surface area contributed by atoms with Gasteiger partial charge in [0.2, 0.25) is 0 Å². The molecule has 2 aliphatic rings. The van der Waals surface area contributed by atoms with Crippen molar-refractivity contribution in [2.24, 2.45) is 11.7 Å². The number of rotatable bonds is 5. The van der Waals surface area contributed by atoms with Gasteiger partial charge in [-0.05, 0) is 75.3 Å². The van der Waals surface area contributed by atoms with Crippen LogP contribution in [0.2, 0.25) is 5.02 Å². The van der Waals surface area contributed by atoms with Gasteiger partial charge in [-0.25, -0.2) is 0 Å². The van der Waals surface area contributed by atoms with Gasteiger partial charge in [0.15, 0.2) is 0 Å². The maximum atomic E-state index is 13.6. The van der Waals surface area contributed by atoms with E-state index in [1.54, 1.807) is 17.0 Å². The minimum atomic E-state index is -0.356. The Labute approximate surface area is 211 Å². The van der Waals surface area contributed by atoms with Crippen LogP contribution in [0.15, 0.2) is 18.2 Å². The van der Waals surface area contributed by atoms with Crippen molar-refractivity contribution in [2.75, 3.05) is 18.0 Å². The number of aryl methyl sites for hydroxylation is 2. The van der Waals surface area contributed by atoms with Crippen molar-refractivity contribution in [2.45, 2.75) is 45.6 Å². The number of H-pyrrole nitrogens is 1. The molecule has 1 aromatic carbocycles. The normalized spacial score (nSPS) is 20.6. The average molecular weight is 501 g/mol. The molecule has 4 N–H and O–H groups in total. The zero-order valence-electron chi connectivity index (χ0n) is 19.4. The van der Waals surface area contributed by atoms with Crippen LogP contribution in [0.5, 0.6) is 0 Å². The Morgan fingerprint density at radius 1 is 1.29 bits per heavy atom. The van der Waals surface area contributed by atoms with Gasteiger partial charge >= 0.3 is 0 Å². The molecule has 0 bridgehead atoms. The monoisotopic (exact) mass is 500 g/mol. The lowest BCUT2D eigenvalue weighted by Gasteiger charge is -2.30. The molecule has 0 saturated heterocycles. The van der Waals surface area contributed by atoms with Crippen LogP contribution in [-0.2, 0) is 4.79 Å². The second-order valence-electron chi connectivity index (χ2n) is 9.04. The molecule has 0 radical (unpaired) electrons. The fourth-order valence-corrected chi connectivity index (χ4v) is 5.01. The van der Waals surface area contributed by atoms with Crippen molar-refractivity contribution in [1.82, 2.24) is 10.3 Å². The standard InChI is InChI=1S/C26H29ClN4O2.ClH/c1-4-9-29-25(32)21-13-24-19(11-22(21)27)20(12-23-15(2)10-16(3)30-23)26(33)31(24)14-17-5-7-18(28)8-6-17;/h1,10-13,17-18,30H,5-9,14,28H2,2-3H3,(H,29,32);1H/b20-12-;. The van der Waals surface area contributed by atoms with Crippen molar-refractivity contribution < 1.29 is 9.59 Å². The number of nitrogens with two attached hydrogens (primary N) is 1. The number of fused-ring (bicyclic) bond motifs is 1. The van der Waals surface area contributed by atoms with Crippen molar-refractivity contribution >= 4 is 53.2 Å². The molecule has 180 valence electrons. The molecule has 1 saturated carbocycles. The molecule has 0 spiro atoms. The summed E-state index contributed by atoms with van der Waals surface area (Å²) in [5.41, 5.74) is 11.4. The zero-order valence-corrected chi connectivity index (χ0v) is 21.0. The number of anilines is 1. The van der Waals surface area contributed by atoms with Gasteiger partial charge in [0.25, 0.3) is 11.8 Å². The van der Waals surface area contributed by atoms with E-state index in [1.165, 1.54) is 0 Å². The first kappa shape index (κ1) is 25.9. The fourth-order valence-electron chi connectivity index (χ4n) is 4.77. The molecule has 4 rings (SSSR count). The molecule has 1 fully saturated rings. The van der Waals surface area contributed by atoms with Gasteiger partial charge in [-0.1, -0.05) is 17.5 Å². The molecular formula is C26H30Cl2N4O2. The number of nitrogens with one attached hydrogen (secondary N) is 2. The third kappa shape index (κ3) is 5.17. The highest BCUT2D eigenvalue weighted by molar-refractivity contribution is 6.39. The Hall–Kier alpha value is -2.72. The van der Waals surface area contributed by atoms with E-state index in [-0.39, 0.29) is 41.8 Å². The van der Waals surface area contributed by atoms with E-state index in [9.17, 15) is 9.59 Å². The average Bonchev–Trinajstić information content (AvgIpc) is 3.23. The minimum absolute atomic E-state index is 0. The van der Waals surface area contributed by atoms with Crippen LogP contribution in [0.1, 0.15) is 58.6 Å². The summed E-state index contributed by atoms with van der Waals surface area (Å²) in [4.78, 5) is 31.4. The van der Waals surface area contributed by atoms with Gasteiger partial charge in [-0.2, -0.15) is 0 Å². The first-order valence-corrected chi connectivity index (χ1v) is 11.7. The van der Waals surface area contributed by atoms with Crippen LogP contribution in [0.25, 0.3) is 11.6 Å². The molecule has 8 heteroatoms. The smallest absolute Gasteiger partial charge is 0.259 e. The van der Waals surface area contributed by atoms with Crippen molar-refractivity contribution in [3.05, 3.63) is 51.3 Å². The van der Waals surface area contributed by atoms with E-state index in [0.717, 1.165) is 48.2 Å². The van der Waals surface area contributed by atoms with E-state index in [0.29, 0.717) is 29.3 Å². The molecule has 1 aromatic heterocycles. The summed E-state index contributed by atoms with van der Waals surface area (Å²) in [6, 6.07) is 5.71. The topological polar surface area (TPSA) is 91.2 Å². The van der Waals surface area contributed by atoms with Crippen LogP contribution >= 0.6 is 24.0 Å². The minimum Gasteiger partial charge on any atom is -0.359 e. The Morgan fingerprint density at radius 3 is 2.62 bits per heavy atom.